The van der Waals surface area contributed by atoms with Crippen LogP contribution in [0.25, 0.3) is 11.5 Å². The first-order chi connectivity index (χ1) is 13.3. The second-order valence-electron chi connectivity index (χ2n) is 6.01. The van der Waals surface area contributed by atoms with Crippen molar-refractivity contribution in [2.75, 3.05) is 17.3 Å². The minimum Gasteiger partial charge on any atom is -0.403 e. The quantitative estimate of drug-likeness (QED) is 0.588. The number of hydrogen-bond acceptors (Lipinski definition) is 7. The lowest BCUT2D eigenvalue weighted by Gasteiger charge is -2.03. The van der Waals surface area contributed by atoms with Crippen molar-refractivity contribution in [3.63, 3.8) is 0 Å². The normalized spacial score (nSPS) is 11.4. The molecule has 1 heterocycles. The summed E-state index contributed by atoms with van der Waals surface area (Å²) in [5.74, 6) is 0.922. The number of aromatic nitrogens is 2. The predicted octanol–water partition coefficient (Wildman–Crippen LogP) is 3.43. The number of carbonyl (C=O) groups excluding carboxylic acids is 1. The van der Waals surface area contributed by atoms with E-state index in [0.717, 1.165) is 22.5 Å². The number of carbonyl (C=O) groups is 1. The Kier molecular flexibility index (Phi) is 6.15. The SMILES string of the molecule is CCSc1ccc(CC(=O)Nc2nnc(-c3ccc(S(C)(=O)=O)cc3)o2)cc1. The first-order valence-electron chi connectivity index (χ1n) is 8.51. The Morgan fingerprint density at radius 1 is 1.07 bits per heavy atom. The molecule has 0 spiro atoms. The van der Waals surface area contributed by atoms with Gasteiger partial charge >= 0.3 is 6.01 Å². The van der Waals surface area contributed by atoms with Crippen molar-refractivity contribution in [1.82, 2.24) is 10.2 Å². The van der Waals surface area contributed by atoms with Gasteiger partial charge in [-0.3, -0.25) is 10.1 Å². The average Bonchev–Trinajstić information content (AvgIpc) is 3.11. The van der Waals surface area contributed by atoms with Gasteiger partial charge in [0, 0.05) is 16.7 Å². The largest absolute Gasteiger partial charge is 0.403 e. The van der Waals surface area contributed by atoms with Gasteiger partial charge in [0.25, 0.3) is 0 Å². The molecule has 0 aliphatic rings. The van der Waals surface area contributed by atoms with Gasteiger partial charge in [0.05, 0.1) is 11.3 Å². The molecule has 0 saturated heterocycles. The molecule has 1 N–H and O–H groups in total. The highest BCUT2D eigenvalue weighted by Gasteiger charge is 2.13. The molecule has 3 rings (SSSR count). The monoisotopic (exact) mass is 417 g/mol. The second kappa shape index (κ2) is 8.57. The number of anilines is 1. The van der Waals surface area contributed by atoms with Crippen molar-refractivity contribution in [3.8, 4) is 11.5 Å². The Morgan fingerprint density at radius 3 is 2.36 bits per heavy atom. The number of rotatable bonds is 7. The third kappa shape index (κ3) is 5.20. The maximum Gasteiger partial charge on any atom is 0.322 e. The van der Waals surface area contributed by atoms with Crippen LogP contribution in [-0.4, -0.2) is 36.5 Å². The van der Waals surface area contributed by atoms with Crippen molar-refractivity contribution >= 4 is 33.5 Å². The molecule has 1 amide bonds. The molecule has 0 aliphatic heterocycles. The van der Waals surface area contributed by atoms with Gasteiger partial charge in [0.2, 0.25) is 11.8 Å². The molecule has 1 aromatic heterocycles. The minimum atomic E-state index is -3.27. The summed E-state index contributed by atoms with van der Waals surface area (Å²) >= 11 is 1.74. The van der Waals surface area contributed by atoms with Crippen LogP contribution < -0.4 is 5.32 Å². The fourth-order valence-corrected chi connectivity index (χ4v) is 3.75. The summed E-state index contributed by atoms with van der Waals surface area (Å²) in [7, 11) is -3.27. The van der Waals surface area contributed by atoms with E-state index in [1.807, 2.05) is 24.3 Å². The molecule has 0 aliphatic carbocycles. The number of nitrogens with one attached hydrogen (secondary N) is 1. The van der Waals surface area contributed by atoms with Gasteiger partial charge in [-0.25, -0.2) is 8.42 Å². The number of thioether (sulfide) groups is 1. The highest BCUT2D eigenvalue weighted by atomic mass is 32.2. The summed E-state index contributed by atoms with van der Waals surface area (Å²) in [5, 5.41) is 10.3. The van der Waals surface area contributed by atoms with Gasteiger partial charge < -0.3 is 4.42 Å². The lowest BCUT2D eigenvalue weighted by molar-refractivity contribution is -0.115. The molecule has 0 radical (unpaired) electrons. The van der Waals surface area contributed by atoms with Crippen molar-refractivity contribution < 1.29 is 17.6 Å². The molecule has 2 aromatic carbocycles. The van der Waals surface area contributed by atoms with Crippen LogP contribution in [0.15, 0.2) is 62.7 Å². The second-order valence-corrected chi connectivity index (χ2v) is 9.36. The Bertz CT molecular complexity index is 1060. The van der Waals surface area contributed by atoms with Crippen LogP contribution in [0.3, 0.4) is 0 Å². The molecular weight excluding hydrogens is 398 g/mol. The molecule has 0 unspecified atom stereocenters. The van der Waals surface area contributed by atoms with Crippen LogP contribution >= 0.6 is 11.8 Å². The van der Waals surface area contributed by atoms with Gasteiger partial charge in [-0.1, -0.05) is 24.2 Å². The third-order valence-corrected chi connectivity index (χ3v) is 5.82. The van der Waals surface area contributed by atoms with Gasteiger partial charge in [0.15, 0.2) is 9.84 Å². The van der Waals surface area contributed by atoms with E-state index in [-0.39, 0.29) is 29.1 Å². The zero-order valence-electron chi connectivity index (χ0n) is 15.4. The molecule has 0 bridgehead atoms. The van der Waals surface area contributed by atoms with Gasteiger partial charge in [-0.2, -0.15) is 0 Å². The van der Waals surface area contributed by atoms with E-state index in [1.54, 1.807) is 23.9 Å². The van der Waals surface area contributed by atoms with Crippen molar-refractivity contribution in [2.24, 2.45) is 0 Å². The number of nitrogens with zero attached hydrogens (tertiary/aromatic N) is 2. The maximum atomic E-state index is 12.2. The zero-order chi connectivity index (χ0) is 20.1. The molecule has 3 aromatic rings. The molecule has 146 valence electrons. The Labute approximate surface area is 167 Å². The topological polar surface area (TPSA) is 102 Å². The number of amides is 1. The van der Waals surface area contributed by atoms with E-state index in [9.17, 15) is 13.2 Å². The van der Waals surface area contributed by atoms with E-state index in [4.69, 9.17) is 4.42 Å². The Hall–Kier alpha value is -2.65. The van der Waals surface area contributed by atoms with Crippen LogP contribution in [-0.2, 0) is 21.1 Å². The molecule has 0 fully saturated rings. The number of sulfone groups is 1. The van der Waals surface area contributed by atoms with Gasteiger partial charge in [-0.15, -0.1) is 16.9 Å². The predicted molar refractivity (Wildman–Crippen MR) is 108 cm³/mol. The summed E-state index contributed by atoms with van der Waals surface area (Å²) in [5.41, 5.74) is 1.44. The van der Waals surface area contributed by atoms with Gasteiger partial charge in [0.1, 0.15) is 0 Å². The van der Waals surface area contributed by atoms with E-state index < -0.39 is 9.84 Å². The average molecular weight is 418 g/mol. The zero-order valence-corrected chi connectivity index (χ0v) is 17.0. The number of benzene rings is 2. The first-order valence-corrected chi connectivity index (χ1v) is 11.4. The minimum absolute atomic E-state index is 0.00894. The lowest BCUT2D eigenvalue weighted by atomic mass is 10.1. The van der Waals surface area contributed by atoms with Crippen LogP contribution in [0.5, 0.6) is 0 Å². The molecule has 9 heteroatoms. The van der Waals surface area contributed by atoms with E-state index in [1.165, 1.54) is 12.1 Å². The van der Waals surface area contributed by atoms with E-state index in [2.05, 4.69) is 22.4 Å². The summed E-state index contributed by atoms with van der Waals surface area (Å²) in [6.07, 6.45) is 1.33. The molecule has 28 heavy (non-hydrogen) atoms. The van der Waals surface area contributed by atoms with E-state index >= 15 is 0 Å². The van der Waals surface area contributed by atoms with Crippen molar-refractivity contribution in [2.45, 2.75) is 23.1 Å². The summed E-state index contributed by atoms with van der Waals surface area (Å²) in [4.78, 5) is 13.5. The smallest absolute Gasteiger partial charge is 0.322 e. The standard InChI is InChI=1S/C19H19N3O4S2/c1-3-27-15-8-4-13(5-9-15)12-17(23)20-19-22-21-18(26-19)14-6-10-16(11-7-14)28(2,24)25/h4-11H,3,12H2,1-2H3,(H,20,22,23). The van der Waals surface area contributed by atoms with Crippen molar-refractivity contribution in [3.05, 3.63) is 54.1 Å². The molecule has 7 nitrogen and oxygen atoms in total. The fraction of sp³-hybridized carbons (Fsp3) is 0.211. The lowest BCUT2D eigenvalue weighted by Crippen LogP contribution is -2.14. The fourth-order valence-electron chi connectivity index (χ4n) is 2.45. The van der Waals surface area contributed by atoms with Crippen LogP contribution in [0.4, 0.5) is 6.01 Å². The molecule has 0 saturated carbocycles. The van der Waals surface area contributed by atoms with Crippen molar-refractivity contribution in [1.29, 1.82) is 0 Å². The van der Waals surface area contributed by atoms with Gasteiger partial charge in [-0.05, 0) is 47.7 Å². The molecular formula is C19H19N3O4S2. The highest BCUT2D eigenvalue weighted by Crippen LogP contribution is 2.22. The summed E-state index contributed by atoms with van der Waals surface area (Å²) < 4.78 is 28.5. The third-order valence-electron chi connectivity index (χ3n) is 3.80. The number of hydrogen-bond donors (Lipinski definition) is 1. The molecule has 0 atom stereocenters. The Morgan fingerprint density at radius 2 is 1.75 bits per heavy atom. The maximum absolute atomic E-state index is 12.2. The first kappa shape index (κ1) is 20.1. The summed E-state index contributed by atoms with van der Waals surface area (Å²) in [6, 6.07) is 13.9. The summed E-state index contributed by atoms with van der Waals surface area (Å²) in [6.45, 7) is 2.09. The van der Waals surface area contributed by atoms with Crippen LogP contribution in [0, 0.1) is 0 Å². The van der Waals surface area contributed by atoms with E-state index in [0.29, 0.717) is 5.56 Å². The highest BCUT2D eigenvalue weighted by molar-refractivity contribution is 7.99. The Balaban J connectivity index is 1.63. The van der Waals surface area contributed by atoms with Crippen LogP contribution in [0.1, 0.15) is 12.5 Å². The van der Waals surface area contributed by atoms with Crippen LogP contribution in [0.2, 0.25) is 0 Å².